The molecular weight excluding hydrogens is 265 g/mol. The summed E-state index contributed by atoms with van der Waals surface area (Å²) in [7, 11) is 0. The number of nitrogens with zero attached hydrogens (tertiary/aromatic N) is 1. The summed E-state index contributed by atoms with van der Waals surface area (Å²) in [5.41, 5.74) is 1.27. The SMILES string of the molecule is C=CCNC(=NCC1(c2ccc(F)cc2)CCC1)NCC. The van der Waals surface area contributed by atoms with E-state index in [-0.39, 0.29) is 11.2 Å². The zero-order chi connectivity index (χ0) is 15.1. The molecular formula is C17H24FN3. The van der Waals surface area contributed by atoms with Crippen LogP contribution in [0.2, 0.25) is 0 Å². The van der Waals surface area contributed by atoms with Crippen molar-refractivity contribution in [3.05, 3.63) is 48.3 Å². The molecule has 1 fully saturated rings. The molecule has 0 aliphatic heterocycles. The summed E-state index contributed by atoms with van der Waals surface area (Å²) in [5.74, 6) is 0.628. The first-order valence-corrected chi connectivity index (χ1v) is 7.59. The molecule has 2 N–H and O–H groups in total. The second-order valence-corrected chi connectivity index (χ2v) is 5.51. The molecule has 0 amide bonds. The van der Waals surface area contributed by atoms with Crippen molar-refractivity contribution >= 4 is 5.96 Å². The fraction of sp³-hybridized carbons (Fsp3) is 0.471. The normalized spacial score (nSPS) is 17.0. The number of halogens is 1. The van der Waals surface area contributed by atoms with E-state index in [1.807, 2.05) is 25.1 Å². The molecule has 1 aromatic rings. The van der Waals surface area contributed by atoms with E-state index in [4.69, 9.17) is 4.99 Å². The first-order chi connectivity index (χ1) is 10.2. The average molecular weight is 289 g/mol. The Labute approximate surface area is 126 Å². The Bertz CT molecular complexity index is 489. The zero-order valence-electron chi connectivity index (χ0n) is 12.7. The topological polar surface area (TPSA) is 36.4 Å². The highest BCUT2D eigenvalue weighted by Gasteiger charge is 2.38. The van der Waals surface area contributed by atoms with E-state index in [1.54, 1.807) is 12.1 Å². The second-order valence-electron chi connectivity index (χ2n) is 5.51. The minimum atomic E-state index is -0.183. The van der Waals surface area contributed by atoms with E-state index >= 15 is 0 Å². The molecule has 1 aromatic carbocycles. The lowest BCUT2D eigenvalue weighted by atomic mass is 9.64. The molecule has 0 unspecified atom stereocenters. The van der Waals surface area contributed by atoms with Crippen LogP contribution in [0.15, 0.2) is 41.9 Å². The molecule has 0 aromatic heterocycles. The number of benzene rings is 1. The van der Waals surface area contributed by atoms with Gasteiger partial charge < -0.3 is 10.6 Å². The Kier molecular flexibility index (Phi) is 5.37. The summed E-state index contributed by atoms with van der Waals surface area (Å²) in [6.45, 7) is 7.99. The summed E-state index contributed by atoms with van der Waals surface area (Å²) in [6.07, 6.45) is 5.25. The van der Waals surface area contributed by atoms with E-state index in [0.717, 1.165) is 31.9 Å². The molecule has 1 aliphatic carbocycles. The zero-order valence-corrected chi connectivity index (χ0v) is 12.7. The van der Waals surface area contributed by atoms with Crippen molar-refractivity contribution in [2.45, 2.75) is 31.6 Å². The van der Waals surface area contributed by atoms with Crippen molar-refractivity contribution in [2.24, 2.45) is 4.99 Å². The van der Waals surface area contributed by atoms with Crippen molar-refractivity contribution in [3.8, 4) is 0 Å². The van der Waals surface area contributed by atoms with Gasteiger partial charge in [0.25, 0.3) is 0 Å². The van der Waals surface area contributed by atoms with Crippen molar-refractivity contribution in [1.29, 1.82) is 0 Å². The molecule has 1 aliphatic rings. The highest BCUT2D eigenvalue weighted by molar-refractivity contribution is 5.79. The highest BCUT2D eigenvalue weighted by atomic mass is 19.1. The maximum absolute atomic E-state index is 13.1. The van der Waals surface area contributed by atoms with Crippen LogP contribution in [0.5, 0.6) is 0 Å². The summed E-state index contributed by atoms with van der Waals surface area (Å²) >= 11 is 0. The standard InChI is InChI=1S/C17H24FN3/c1-3-12-20-16(19-4-2)21-13-17(10-5-11-17)14-6-8-15(18)9-7-14/h3,6-9H,1,4-5,10-13H2,2H3,(H2,19,20,21). The molecule has 0 saturated heterocycles. The van der Waals surface area contributed by atoms with E-state index in [0.29, 0.717) is 6.54 Å². The van der Waals surface area contributed by atoms with Crippen molar-refractivity contribution in [1.82, 2.24) is 10.6 Å². The van der Waals surface area contributed by atoms with Gasteiger partial charge in [0.2, 0.25) is 0 Å². The quantitative estimate of drug-likeness (QED) is 0.480. The first kappa shape index (κ1) is 15.5. The van der Waals surface area contributed by atoms with Crippen LogP contribution in [0.4, 0.5) is 4.39 Å². The van der Waals surface area contributed by atoms with Gasteiger partial charge in [0.15, 0.2) is 5.96 Å². The molecule has 0 atom stereocenters. The maximum atomic E-state index is 13.1. The van der Waals surface area contributed by atoms with Crippen LogP contribution >= 0.6 is 0 Å². The third kappa shape index (κ3) is 3.84. The van der Waals surface area contributed by atoms with Crippen molar-refractivity contribution in [2.75, 3.05) is 19.6 Å². The van der Waals surface area contributed by atoms with Crippen LogP contribution in [-0.4, -0.2) is 25.6 Å². The molecule has 21 heavy (non-hydrogen) atoms. The van der Waals surface area contributed by atoms with Gasteiger partial charge in [-0.25, -0.2) is 4.39 Å². The van der Waals surface area contributed by atoms with Gasteiger partial charge in [-0.2, -0.15) is 0 Å². The smallest absolute Gasteiger partial charge is 0.191 e. The first-order valence-electron chi connectivity index (χ1n) is 7.59. The monoisotopic (exact) mass is 289 g/mol. The molecule has 0 bridgehead atoms. The van der Waals surface area contributed by atoms with Gasteiger partial charge in [0, 0.05) is 18.5 Å². The number of aliphatic imine (C=N–C) groups is 1. The molecule has 2 rings (SSSR count). The van der Waals surface area contributed by atoms with E-state index < -0.39 is 0 Å². The summed E-state index contributed by atoms with van der Waals surface area (Å²) in [6, 6.07) is 6.88. The predicted octanol–water partition coefficient (Wildman–Crippen LogP) is 2.99. The Hall–Kier alpha value is -1.84. The fourth-order valence-electron chi connectivity index (χ4n) is 2.69. The summed E-state index contributed by atoms with van der Waals surface area (Å²) < 4.78 is 13.1. The van der Waals surface area contributed by atoms with Gasteiger partial charge in [-0.05, 0) is 37.5 Å². The average Bonchev–Trinajstić information content (AvgIpc) is 2.45. The largest absolute Gasteiger partial charge is 0.357 e. The summed E-state index contributed by atoms with van der Waals surface area (Å²) in [5, 5.41) is 6.44. The van der Waals surface area contributed by atoms with Crippen LogP contribution in [0.25, 0.3) is 0 Å². The van der Waals surface area contributed by atoms with E-state index in [2.05, 4.69) is 17.2 Å². The van der Waals surface area contributed by atoms with Gasteiger partial charge in [-0.1, -0.05) is 24.6 Å². The fourth-order valence-corrected chi connectivity index (χ4v) is 2.69. The van der Waals surface area contributed by atoms with Crippen LogP contribution in [0.1, 0.15) is 31.7 Å². The molecule has 4 heteroatoms. The Morgan fingerprint density at radius 2 is 2.05 bits per heavy atom. The van der Waals surface area contributed by atoms with Crippen LogP contribution in [-0.2, 0) is 5.41 Å². The van der Waals surface area contributed by atoms with Gasteiger partial charge in [-0.15, -0.1) is 6.58 Å². The third-order valence-electron chi connectivity index (χ3n) is 4.07. The van der Waals surface area contributed by atoms with Crippen molar-refractivity contribution in [3.63, 3.8) is 0 Å². The Morgan fingerprint density at radius 3 is 2.57 bits per heavy atom. The lowest BCUT2D eigenvalue weighted by molar-refractivity contribution is 0.253. The molecule has 0 heterocycles. The number of rotatable bonds is 6. The summed E-state index contributed by atoms with van der Waals surface area (Å²) in [4.78, 5) is 4.70. The number of hydrogen-bond acceptors (Lipinski definition) is 1. The number of nitrogens with one attached hydrogen (secondary N) is 2. The minimum Gasteiger partial charge on any atom is -0.357 e. The van der Waals surface area contributed by atoms with E-state index in [1.165, 1.54) is 12.0 Å². The molecule has 1 saturated carbocycles. The van der Waals surface area contributed by atoms with Gasteiger partial charge in [-0.3, -0.25) is 4.99 Å². The molecule has 3 nitrogen and oxygen atoms in total. The van der Waals surface area contributed by atoms with Crippen LogP contribution < -0.4 is 10.6 Å². The van der Waals surface area contributed by atoms with E-state index in [9.17, 15) is 4.39 Å². The lowest BCUT2D eigenvalue weighted by Gasteiger charge is -2.41. The Balaban J connectivity index is 2.09. The predicted molar refractivity (Wildman–Crippen MR) is 86.1 cm³/mol. The molecule has 0 spiro atoms. The minimum absolute atomic E-state index is 0.0736. The number of hydrogen-bond donors (Lipinski definition) is 2. The second kappa shape index (κ2) is 7.25. The third-order valence-corrected chi connectivity index (χ3v) is 4.07. The number of guanidine groups is 1. The maximum Gasteiger partial charge on any atom is 0.191 e. The van der Waals surface area contributed by atoms with Gasteiger partial charge in [0.05, 0.1) is 6.54 Å². The Morgan fingerprint density at radius 1 is 1.33 bits per heavy atom. The van der Waals surface area contributed by atoms with Crippen LogP contribution in [0.3, 0.4) is 0 Å². The van der Waals surface area contributed by atoms with Gasteiger partial charge in [0.1, 0.15) is 5.82 Å². The highest BCUT2D eigenvalue weighted by Crippen LogP contribution is 2.43. The van der Waals surface area contributed by atoms with Crippen molar-refractivity contribution < 1.29 is 4.39 Å². The van der Waals surface area contributed by atoms with Crippen LogP contribution in [0, 0.1) is 5.82 Å². The van der Waals surface area contributed by atoms with Gasteiger partial charge >= 0.3 is 0 Å². The molecule has 0 radical (unpaired) electrons. The molecule has 114 valence electrons. The lowest BCUT2D eigenvalue weighted by Crippen LogP contribution is -2.41.